The highest BCUT2D eigenvalue weighted by atomic mass is 32.1. The maximum absolute atomic E-state index is 12.2. The minimum absolute atomic E-state index is 0.0303. The topological polar surface area (TPSA) is 132 Å². The summed E-state index contributed by atoms with van der Waals surface area (Å²) >= 11 is 1.50. The zero-order chi connectivity index (χ0) is 31.1. The van der Waals surface area contributed by atoms with Gasteiger partial charge in [-0.2, -0.15) is 10.2 Å². The van der Waals surface area contributed by atoms with Crippen LogP contribution in [0, 0.1) is 11.3 Å². The van der Waals surface area contributed by atoms with Crippen molar-refractivity contribution in [3.63, 3.8) is 0 Å². The number of nitriles is 1. The number of fused-ring (bicyclic) bond motifs is 1. The number of piperazine rings is 1. The van der Waals surface area contributed by atoms with E-state index < -0.39 is 5.41 Å². The minimum atomic E-state index is -0.593. The average Bonchev–Trinajstić information content (AvgIpc) is 3.85. The second-order valence-electron chi connectivity index (χ2n) is 12.9. The summed E-state index contributed by atoms with van der Waals surface area (Å²) in [5, 5.41) is 14.9. The number of hydrogen-bond acceptors (Lipinski definition) is 11. The van der Waals surface area contributed by atoms with Gasteiger partial charge in [0.15, 0.2) is 0 Å². The SMILES string of the molecule is C=CC(=O)N1CCN(c2cc(-c3noc(C4(C)CCCc5sc(N)c(C#N)c54)n3)nc(N3CCC(N4CCCC4)CC3)c2)CC1. The van der Waals surface area contributed by atoms with E-state index in [9.17, 15) is 10.1 Å². The number of amides is 1. The quantitative estimate of drug-likeness (QED) is 0.397. The Kier molecular flexibility index (Phi) is 8.00. The van der Waals surface area contributed by atoms with E-state index in [1.807, 2.05) is 11.0 Å². The molecule has 3 aromatic heterocycles. The van der Waals surface area contributed by atoms with E-state index in [2.05, 4.69) is 45.5 Å². The maximum Gasteiger partial charge on any atom is 0.246 e. The molecule has 12 heteroatoms. The van der Waals surface area contributed by atoms with Crippen LogP contribution in [0.3, 0.4) is 0 Å². The molecule has 0 spiro atoms. The van der Waals surface area contributed by atoms with Gasteiger partial charge in [0.05, 0.1) is 11.0 Å². The Morgan fingerprint density at radius 1 is 1.09 bits per heavy atom. The summed E-state index contributed by atoms with van der Waals surface area (Å²) in [4.78, 5) is 32.6. The summed E-state index contributed by atoms with van der Waals surface area (Å²) < 4.78 is 5.99. The van der Waals surface area contributed by atoms with E-state index >= 15 is 0 Å². The molecule has 2 N–H and O–H groups in total. The van der Waals surface area contributed by atoms with Gasteiger partial charge in [-0.1, -0.05) is 11.7 Å². The van der Waals surface area contributed by atoms with E-state index in [4.69, 9.17) is 20.2 Å². The number of piperidine rings is 1. The fourth-order valence-electron chi connectivity index (χ4n) is 7.70. The highest BCUT2D eigenvalue weighted by Gasteiger charge is 2.43. The molecule has 1 unspecified atom stereocenters. The van der Waals surface area contributed by atoms with Gasteiger partial charge in [-0.05, 0) is 77.1 Å². The number of rotatable bonds is 6. The molecule has 3 fully saturated rings. The molecule has 3 saturated heterocycles. The normalized spacial score (nSPS) is 22.8. The van der Waals surface area contributed by atoms with Crippen LogP contribution in [0.15, 0.2) is 29.3 Å². The van der Waals surface area contributed by atoms with Crippen molar-refractivity contribution in [2.45, 2.75) is 63.3 Å². The lowest BCUT2D eigenvalue weighted by molar-refractivity contribution is -0.126. The summed E-state index contributed by atoms with van der Waals surface area (Å²) in [7, 11) is 0. The van der Waals surface area contributed by atoms with Crippen molar-refractivity contribution in [2.24, 2.45) is 0 Å². The summed E-state index contributed by atoms with van der Waals surface area (Å²) in [5.74, 6) is 1.82. The Morgan fingerprint density at radius 2 is 1.84 bits per heavy atom. The van der Waals surface area contributed by atoms with Gasteiger partial charge in [0.2, 0.25) is 17.6 Å². The highest BCUT2D eigenvalue weighted by Crippen LogP contribution is 2.48. The number of carbonyl (C=O) groups is 1. The minimum Gasteiger partial charge on any atom is -0.389 e. The number of anilines is 3. The molecule has 6 heterocycles. The van der Waals surface area contributed by atoms with Gasteiger partial charge < -0.3 is 29.9 Å². The molecule has 0 bridgehead atoms. The number of thiophene rings is 1. The molecule has 1 atom stereocenters. The van der Waals surface area contributed by atoms with Crippen LogP contribution in [-0.4, -0.2) is 89.2 Å². The number of nitrogens with two attached hydrogens (primary N) is 1. The molecular formula is C33H41N9O2S. The summed E-state index contributed by atoms with van der Waals surface area (Å²) in [6.45, 7) is 12.8. The lowest BCUT2D eigenvalue weighted by atomic mass is 9.72. The van der Waals surface area contributed by atoms with Crippen molar-refractivity contribution in [3.8, 4) is 17.6 Å². The Hall–Kier alpha value is -3.95. The summed E-state index contributed by atoms with van der Waals surface area (Å²) in [6.07, 6.45) is 8.91. The second-order valence-corrected chi connectivity index (χ2v) is 14.0. The van der Waals surface area contributed by atoms with E-state index in [-0.39, 0.29) is 5.91 Å². The predicted molar refractivity (Wildman–Crippen MR) is 175 cm³/mol. The second kappa shape index (κ2) is 12.1. The molecule has 1 aliphatic carbocycles. The molecule has 4 aliphatic rings. The third-order valence-electron chi connectivity index (χ3n) is 10.3. The molecule has 236 valence electrons. The lowest BCUT2D eigenvalue weighted by Crippen LogP contribution is -2.48. The number of nitrogens with zero attached hydrogens (tertiary/aromatic N) is 8. The zero-order valence-corrected chi connectivity index (χ0v) is 26.8. The van der Waals surface area contributed by atoms with E-state index in [0.717, 1.165) is 67.1 Å². The third-order valence-corrected chi connectivity index (χ3v) is 11.3. The van der Waals surface area contributed by atoms with Crippen molar-refractivity contribution in [1.82, 2.24) is 24.9 Å². The van der Waals surface area contributed by atoms with Gasteiger partial charge in [0, 0.05) is 67.5 Å². The summed E-state index contributed by atoms with van der Waals surface area (Å²) in [6, 6.07) is 7.19. The molecule has 3 aliphatic heterocycles. The van der Waals surface area contributed by atoms with Crippen LogP contribution < -0.4 is 15.5 Å². The van der Waals surface area contributed by atoms with E-state index in [1.165, 1.54) is 43.3 Å². The van der Waals surface area contributed by atoms with Gasteiger partial charge in [-0.3, -0.25) is 4.79 Å². The molecule has 45 heavy (non-hydrogen) atoms. The van der Waals surface area contributed by atoms with Crippen LogP contribution in [0.5, 0.6) is 0 Å². The Labute approximate surface area is 268 Å². The number of carbonyl (C=O) groups excluding carboxylic acids is 1. The number of aryl methyl sites for hydroxylation is 1. The Morgan fingerprint density at radius 3 is 2.56 bits per heavy atom. The Balaban J connectivity index is 1.20. The number of likely N-dealkylation sites (tertiary alicyclic amines) is 1. The standard InChI is InChI=1S/C33H41N9O2S/c1-3-28(43)42-17-15-40(16-18-42)23-19-25(36-27(20-23)41-13-8-22(9-14-41)39-11-4-5-12-39)31-37-32(44-38-31)33(2)10-6-7-26-29(33)24(21-34)30(35)45-26/h3,19-20,22H,1,4-18,35H2,2H3. The third kappa shape index (κ3) is 5.46. The monoisotopic (exact) mass is 627 g/mol. The van der Waals surface area contributed by atoms with Crippen LogP contribution in [-0.2, 0) is 16.6 Å². The van der Waals surface area contributed by atoms with Gasteiger partial charge in [0.1, 0.15) is 22.6 Å². The van der Waals surface area contributed by atoms with Crippen LogP contribution in [0.1, 0.15) is 67.3 Å². The average molecular weight is 628 g/mol. The van der Waals surface area contributed by atoms with Crippen LogP contribution in [0.25, 0.3) is 11.5 Å². The van der Waals surface area contributed by atoms with E-state index in [1.54, 1.807) is 0 Å². The first-order chi connectivity index (χ1) is 21.9. The first-order valence-corrected chi connectivity index (χ1v) is 17.0. The smallest absolute Gasteiger partial charge is 0.246 e. The van der Waals surface area contributed by atoms with Gasteiger partial charge in [-0.25, -0.2) is 4.98 Å². The van der Waals surface area contributed by atoms with Crippen molar-refractivity contribution in [1.29, 1.82) is 5.26 Å². The largest absolute Gasteiger partial charge is 0.389 e. The maximum atomic E-state index is 12.2. The first kappa shape index (κ1) is 29.7. The van der Waals surface area contributed by atoms with Crippen LogP contribution >= 0.6 is 11.3 Å². The number of aromatic nitrogens is 3. The first-order valence-electron chi connectivity index (χ1n) is 16.2. The zero-order valence-electron chi connectivity index (χ0n) is 26.0. The molecule has 3 aromatic rings. The number of nitrogen functional groups attached to an aromatic ring is 1. The Bertz CT molecular complexity index is 1620. The molecule has 11 nitrogen and oxygen atoms in total. The van der Waals surface area contributed by atoms with Gasteiger partial charge in [0.25, 0.3) is 0 Å². The molecule has 7 rings (SSSR count). The number of hydrogen-bond donors (Lipinski definition) is 1. The molecule has 0 aromatic carbocycles. The fraction of sp³-hybridized carbons (Fsp3) is 0.545. The van der Waals surface area contributed by atoms with Crippen LogP contribution in [0.2, 0.25) is 0 Å². The lowest BCUT2D eigenvalue weighted by Gasteiger charge is -2.38. The predicted octanol–water partition coefficient (Wildman–Crippen LogP) is 4.19. The molecular weight excluding hydrogens is 586 g/mol. The fourth-order valence-corrected chi connectivity index (χ4v) is 8.89. The van der Waals surface area contributed by atoms with Gasteiger partial charge >= 0.3 is 0 Å². The van der Waals surface area contributed by atoms with Crippen molar-refractivity contribution >= 4 is 33.8 Å². The van der Waals surface area contributed by atoms with Crippen molar-refractivity contribution < 1.29 is 9.32 Å². The summed E-state index contributed by atoms with van der Waals surface area (Å²) in [5.41, 5.74) is 8.83. The van der Waals surface area contributed by atoms with Crippen molar-refractivity contribution in [3.05, 3.63) is 46.7 Å². The van der Waals surface area contributed by atoms with Crippen molar-refractivity contribution in [2.75, 3.05) is 67.9 Å². The van der Waals surface area contributed by atoms with Crippen LogP contribution in [0.4, 0.5) is 16.5 Å². The number of pyridine rings is 1. The molecule has 1 amide bonds. The van der Waals surface area contributed by atoms with E-state index in [0.29, 0.717) is 60.2 Å². The highest BCUT2D eigenvalue weighted by molar-refractivity contribution is 7.16. The molecule has 0 saturated carbocycles. The van der Waals surface area contributed by atoms with Gasteiger partial charge in [-0.15, -0.1) is 11.3 Å². The molecule has 0 radical (unpaired) electrons.